The first-order valence-corrected chi connectivity index (χ1v) is 3.87. The van der Waals surface area contributed by atoms with Crippen molar-refractivity contribution in [2.45, 2.75) is 0 Å². The summed E-state index contributed by atoms with van der Waals surface area (Å²) >= 11 is 0. The van der Waals surface area contributed by atoms with E-state index in [2.05, 4.69) is 9.99 Å². The van der Waals surface area contributed by atoms with E-state index in [1.54, 1.807) is 6.21 Å². The molecule has 4 heteroatoms. The minimum absolute atomic E-state index is 0.271. The Balaban J connectivity index is 2.36. The molecular formula is C9H9NO3. The number of oxime groups is 1. The molecule has 0 saturated carbocycles. The van der Waals surface area contributed by atoms with Crippen molar-refractivity contribution in [1.29, 1.82) is 0 Å². The van der Waals surface area contributed by atoms with Gasteiger partial charge in [0.15, 0.2) is 11.5 Å². The predicted octanol–water partition coefficient (Wildman–Crippen LogP) is 1.40. The second kappa shape index (κ2) is 3.35. The van der Waals surface area contributed by atoms with Crippen LogP contribution in [0.25, 0.3) is 0 Å². The van der Waals surface area contributed by atoms with Crippen molar-refractivity contribution in [2.24, 2.45) is 5.16 Å². The first-order chi connectivity index (χ1) is 6.42. The number of fused-ring (bicyclic) bond motifs is 1. The highest BCUT2D eigenvalue weighted by Gasteiger charge is 2.15. The first kappa shape index (κ1) is 7.91. The van der Waals surface area contributed by atoms with Gasteiger partial charge in [-0.15, -0.1) is 0 Å². The third-order valence-corrected chi connectivity index (χ3v) is 1.72. The van der Waals surface area contributed by atoms with Crippen LogP contribution in [0.5, 0.6) is 11.5 Å². The van der Waals surface area contributed by atoms with Gasteiger partial charge in [-0.3, -0.25) is 0 Å². The minimum Gasteiger partial charge on any atom is -0.454 e. The number of nitrogens with zero attached hydrogens (tertiary/aromatic N) is 1. The molecule has 4 nitrogen and oxygen atoms in total. The molecule has 1 aromatic carbocycles. The Morgan fingerprint density at radius 3 is 3.23 bits per heavy atom. The van der Waals surface area contributed by atoms with E-state index >= 15 is 0 Å². The highest BCUT2D eigenvalue weighted by atomic mass is 16.7. The molecule has 0 aromatic heterocycles. The van der Waals surface area contributed by atoms with E-state index in [1.807, 2.05) is 18.2 Å². The summed E-state index contributed by atoms with van der Waals surface area (Å²) in [6.45, 7) is 0.271. The lowest BCUT2D eigenvalue weighted by molar-refractivity contribution is 0.173. The van der Waals surface area contributed by atoms with Crippen molar-refractivity contribution in [2.75, 3.05) is 13.9 Å². The molecule has 2 rings (SSSR count). The fourth-order valence-corrected chi connectivity index (χ4v) is 1.16. The van der Waals surface area contributed by atoms with Gasteiger partial charge in [-0.25, -0.2) is 0 Å². The molecule has 1 aromatic rings. The van der Waals surface area contributed by atoms with Crippen molar-refractivity contribution in [3.05, 3.63) is 23.8 Å². The molecular weight excluding hydrogens is 170 g/mol. The number of hydrogen-bond acceptors (Lipinski definition) is 4. The molecule has 0 atom stereocenters. The second-order valence-electron chi connectivity index (χ2n) is 2.50. The molecule has 1 heterocycles. The van der Waals surface area contributed by atoms with Gasteiger partial charge in [-0.05, 0) is 12.1 Å². The highest BCUT2D eigenvalue weighted by molar-refractivity contribution is 5.84. The van der Waals surface area contributed by atoms with E-state index < -0.39 is 0 Å². The van der Waals surface area contributed by atoms with Crippen LogP contribution in [0.3, 0.4) is 0 Å². The third kappa shape index (κ3) is 1.42. The summed E-state index contributed by atoms with van der Waals surface area (Å²) in [4.78, 5) is 4.58. The summed E-state index contributed by atoms with van der Waals surface area (Å²) in [6, 6.07) is 5.62. The number of benzene rings is 1. The van der Waals surface area contributed by atoms with Crippen LogP contribution in [-0.2, 0) is 4.84 Å². The van der Waals surface area contributed by atoms with Crippen LogP contribution in [0, 0.1) is 0 Å². The SMILES string of the molecule is CO/N=C/c1cccc2c1OCO2. The van der Waals surface area contributed by atoms with Crippen molar-refractivity contribution in [1.82, 2.24) is 0 Å². The summed E-state index contributed by atoms with van der Waals surface area (Å²) < 4.78 is 10.5. The zero-order valence-corrected chi connectivity index (χ0v) is 7.19. The van der Waals surface area contributed by atoms with Crippen molar-refractivity contribution >= 4 is 6.21 Å². The van der Waals surface area contributed by atoms with Crippen LogP contribution in [-0.4, -0.2) is 20.1 Å². The Bertz CT molecular complexity index is 336. The summed E-state index contributed by atoms with van der Waals surface area (Å²) in [5, 5.41) is 3.66. The summed E-state index contributed by atoms with van der Waals surface area (Å²) in [6.07, 6.45) is 1.59. The zero-order chi connectivity index (χ0) is 9.10. The molecule has 0 amide bonds. The Labute approximate surface area is 75.7 Å². The quantitative estimate of drug-likeness (QED) is 0.509. The van der Waals surface area contributed by atoms with E-state index in [9.17, 15) is 0 Å². The zero-order valence-electron chi connectivity index (χ0n) is 7.19. The predicted molar refractivity (Wildman–Crippen MR) is 47.2 cm³/mol. The monoisotopic (exact) mass is 179 g/mol. The largest absolute Gasteiger partial charge is 0.454 e. The highest BCUT2D eigenvalue weighted by Crippen LogP contribution is 2.34. The van der Waals surface area contributed by atoms with Gasteiger partial charge in [0.05, 0.1) is 6.21 Å². The standard InChI is InChI=1S/C9H9NO3/c1-11-10-5-7-3-2-4-8-9(7)13-6-12-8/h2-5H,6H2,1H3/b10-5+. The van der Waals surface area contributed by atoms with Crippen LogP contribution in [0.1, 0.15) is 5.56 Å². The molecule has 1 aliphatic heterocycles. The maximum Gasteiger partial charge on any atom is 0.231 e. The molecule has 0 saturated heterocycles. The molecule has 0 unspecified atom stereocenters. The van der Waals surface area contributed by atoms with E-state index in [0.717, 1.165) is 17.1 Å². The molecule has 1 aliphatic rings. The Hall–Kier alpha value is -1.71. The Kier molecular flexibility index (Phi) is 2.04. The molecule has 0 spiro atoms. The molecule has 0 aliphatic carbocycles. The number of rotatable bonds is 2. The van der Waals surface area contributed by atoms with Crippen molar-refractivity contribution < 1.29 is 14.3 Å². The maximum atomic E-state index is 5.26. The maximum absolute atomic E-state index is 5.26. The number of ether oxygens (including phenoxy) is 2. The van der Waals surface area contributed by atoms with E-state index in [1.165, 1.54) is 7.11 Å². The molecule has 0 bridgehead atoms. The van der Waals surface area contributed by atoms with E-state index in [0.29, 0.717) is 0 Å². The van der Waals surface area contributed by atoms with Crippen LogP contribution in [0.15, 0.2) is 23.4 Å². The lowest BCUT2D eigenvalue weighted by atomic mass is 10.2. The Morgan fingerprint density at radius 1 is 1.46 bits per heavy atom. The van der Waals surface area contributed by atoms with Crippen LogP contribution in [0.2, 0.25) is 0 Å². The van der Waals surface area contributed by atoms with Gasteiger partial charge in [0.25, 0.3) is 0 Å². The third-order valence-electron chi connectivity index (χ3n) is 1.72. The van der Waals surface area contributed by atoms with Gasteiger partial charge in [0.1, 0.15) is 7.11 Å². The molecule has 0 N–H and O–H groups in total. The fraction of sp³-hybridized carbons (Fsp3) is 0.222. The molecule has 13 heavy (non-hydrogen) atoms. The summed E-state index contributed by atoms with van der Waals surface area (Å²) in [7, 11) is 1.50. The molecule has 0 fully saturated rings. The normalized spacial score (nSPS) is 13.6. The van der Waals surface area contributed by atoms with Gasteiger partial charge in [0.2, 0.25) is 6.79 Å². The lowest BCUT2D eigenvalue weighted by Gasteiger charge is -1.98. The smallest absolute Gasteiger partial charge is 0.231 e. The number of para-hydroxylation sites is 1. The summed E-state index contributed by atoms with van der Waals surface area (Å²) in [5.41, 5.74) is 0.858. The van der Waals surface area contributed by atoms with E-state index in [-0.39, 0.29) is 6.79 Å². The van der Waals surface area contributed by atoms with Gasteiger partial charge in [-0.1, -0.05) is 11.2 Å². The van der Waals surface area contributed by atoms with Crippen molar-refractivity contribution in [3.63, 3.8) is 0 Å². The lowest BCUT2D eigenvalue weighted by Crippen LogP contribution is -1.94. The van der Waals surface area contributed by atoms with Crippen LogP contribution >= 0.6 is 0 Å². The van der Waals surface area contributed by atoms with Gasteiger partial charge >= 0.3 is 0 Å². The first-order valence-electron chi connectivity index (χ1n) is 3.87. The Morgan fingerprint density at radius 2 is 2.38 bits per heavy atom. The topological polar surface area (TPSA) is 40.0 Å². The van der Waals surface area contributed by atoms with E-state index in [4.69, 9.17) is 9.47 Å². The molecule has 0 radical (unpaired) electrons. The second-order valence-corrected chi connectivity index (χ2v) is 2.50. The fourth-order valence-electron chi connectivity index (χ4n) is 1.16. The minimum atomic E-state index is 0.271. The number of hydrogen-bond donors (Lipinski definition) is 0. The van der Waals surface area contributed by atoms with Crippen LogP contribution < -0.4 is 9.47 Å². The van der Waals surface area contributed by atoms with Gasteiger partial charge in [0, 0.05) is 5.56 Å². The molecule has 68 valence electrons. The van der Waals surface area contributed by atoms with Crippen LogP contribution in [0.4, 0.5) is 0 Å². The van der Waals surface area contributed by atoms with Gasteiger partial charge < -0.3 is 14.3 Å². The van der Waals surface area contributed by atoms with Crippen molar-refractivity contribution in [3.8, 4) is 11.5 Å². The summed E-state index contributed by atoms with van der Waals surface area (Å²) in [5.74, 6) is 1.48. The average molecular weight is 179 g/mol. The average Bonchev–Trinajstić information content (AvgIpc) is 2.62. The van der Waals surface area contributed by atoms with Gasteiger partial charge in [-0.2, -0.15) is 0 Å².